The number of ether oxygens (including phenoxy) is 1. The third-order valence-corrected chi connectivity index (χ3v) is 4.77. The fourth-order valence-corrected chi connectivity index (χ4v) is 3.63. The lowest BCUT2D eigenvalue weighted by Crippen LogP contribution is -2.47. The highest BCUT2D eigenvalue weighted by Crippen LogP contribution is 2.29. The summed E-state index contributed by atoms with van der Waals surface area (Å²) < 4.78 is 6.12. The van der Waals surface area contributed by atoms with E-state index in [1.54, 1.807) is 0 Å². The van der Waals surface area contributed by atoms with Crippen molar-refractivity contribution in [3.8, 4) is 0 Å². The SMILES string of the molecule is O=C1CC(O)CN1[C@H]1CCCC[C@H]1OCCc1ccccc1. The highest BCUT2D eigenvalue weighted by Gasteiger charge is 2.38. The zero-order valence-electron chi connectivity index (χ0n) is 13.0. The summed E-state index contributed by atoms with van der Waals surface area (Å²) in [7, 11) is 0. The van der Waals surface area contributed by atoms with Crippen LogP contribution in [0.3, 0.4) is 0 Å². The average Bonchev–Trinajstić information content (AvgIpc) is 2.87. The van der Waals surface area contributed by atoms with Crippen LogP contribution in [0, 0.1) is 0 Å². The predicted octanol–water partition coefficient (Wildman–Crippen LogP) is 2.15. The number of likely N-dealkylation sites (tertiary alicyclic amines) is 1. The van der Waals surface area contributed by atoms with Gasteiger partial charge in [-0.05, 0) is 24.8 Å². The molecule has 3 atom stereocenters. The number of β-amino-alcohol motifs (C(OH)–C–C–N with tert-alkyl or cyclic N) is 1. The first-order chi connectivity index (χ1) is 10.7. The minimum Gasteiger partial charge on any atom is -0.391 e. The van der Waals surface area contributed by atoms with Crippen LogP contribution in [0.25, 0.3) is 0 Å². The van der Waals surface area contributed by atoms with Gasteiger partial charge < -0.3 is 14.7 Å². The van der Waals surface area contributed by atoms with Gasteiger partial charge in [-0.1, -0.05) is 43.2 Å². The molecule has 1 aromatic rings. The number of carbonyl (C=O) groups excluding carboxylic acids is 1. The average molecular weight is 303 g/mol. The van der Waals surface area contributed by atoms with Gasteiger partial charge in [-0.3, -0.25) is 4.79 Å². The summed E-state index contributed by atoms with van der Waals surface area (Å²) in [4.78, 5) is 13.9. The Morgan fingerprint density at radius 3 is 2.68 bits per heavy atom. The van der Waals surface area contributed by atoms with E-state index in [-0.39, 0.29) is 24.5 Å². The molecule has 0 aromatic heterocycles. The van der Waals surface area contributed by atoms with Crippen LogP contribution in [0.2, 0.25) is 0 Å². The molecule has 1 heterocycles. The van der Waals surface area contributed by atoms with Gasteiger partial charge in [0.15, 0.2) is 0 Å². The van der Waals surface area contributed by atoms with E-state index in [1.165, 1.54) is 5.56 Å². The summed E-state index contributed by atoms with van der Waals surface area (Å²) in [6.07, 6.45) is 5.10. The van der Waals surface area contributed by atoms with Crippen LogP contribution in [0.4, 0.5) is 0 Å². The van der Waals surface area contributed by atoms with E-state index in [0.29, 0.717) is 13.2 Å². The van der Waals surface area contributed by atoms with E-state index in [9.17, 15) is 9.90 Å². The molecule has 3 rings (SSSR count). The van der Waals surface area contributed by atoms with Gasteiger partial charge in [-0.15, -0.1) is 0 Å². The summed E-state index contributed by atoms with van der Waals surface area (Å²) in [5, 5.41) is 9.71. The van der Waals surface area contributed by atoms with Crippen molar-refractivity contribution < 1.29 is 14.6 Å². The number of aliphatic hydroxyl groups is 1. The molecule has 22 heavy (non-hydrogen) atoms. The van der Waals surface area contributed by atoms with Gasteiger partial charge in [-0.25, -0.2) is 0 Å². The van der Waals surface area contributed by atoms with Crippen LogP contribution < -0.4 is 0 Å². The fourth-order valence-electron chi connectivity index (χ4n) is 3.63. The summed E-state index contributed by atoms with van der Waals surface area (Å²) in [6, 6.07) is 10.5. The van der Waals surface area contributed by atoms with E-state index >= 15 is 0 Å². The molecule has 1 saturated carbocycles. The predicted molar refractivity (Wildman–Crippen MR) is 84.5 cm³/mol. The lowest BCUT2D eigenvalue weighted by atomic mass is 9.91. The molecule has 1 unspecified atom stereocenters. The summed E-state index contributed by atoms with van der Waals surface area (Å²) >= 11 is 0. The van der Waals surface area contributed by atoms with Crippen LogP contribution >= 0.6 is 0 Å². The molecule has 0 spiro atoms. The van der Waals surface area contributed by atoms with Crippen molar-refractivity contribution in [1.82, 2.24) is 4.90 Å². The number of amides is 1. The molecule has 1 aliphatic carbocycles. The molecule has 120 valence electrons. The first-order valence-corrected chi connectivity index (χ1v) is 8.37. The van der Waals surface area contributed by atoms with Gasteiger partial charge in [-0.2, -0.15) is 0 Å². The number of carbonyl (C=O) groups is 1. The van der Waals surface area contributed by atoms with Crippen molar-refractivity contribution in [2.45, 2.75) is 56.8 Å². The molecule has 1 N–H and O–H groups in total. The second-order valence-corrected chi connectivity index (χ2v) is 6.40. The number of nitrogens with zero attached hydrogens (tertiary/aromatic N) is 1. The molecule has 1 saturated heterocycles. The summed E-state index contributed by atoms with van der Waals surface area (Å²) in [5.41, 5.74) is 1.28. The van der Waals surface area contributed by atoms with E-state index in [2.05, 4.69) is 12.1 Å². The second-order valence-electron chi connectivity index (χ2n) is 6.40. The Hall–Kier alpha value is -1.39. The highest BCUT2D eigenvalue weighted by molar-refractivity contribution is 5.79. The summed E-state index contributed by atoms with van der Waals surface area (Å²) in [6.45, 7) is 1.16. The van der Waals surface area contributed by atoms with Gasteiger partial charge in [0.2, 0.25) is 5.91 Å². The number of hydrogen-bond acceptors (Lipinski definition) is 3. The van der Waals surface area contributed by atoms with Crippen LogP contribution in [-0.4, -0.2) is 47.3 Å². The Morgan fingerprint density at radius 2 is 1.95 bits per heavy atom. The molecular weight excluding hydrogens is 278 g/mol. The molecule has 1 amide bonds. The van der Waals surface area contributed by atoms with Gasteiger partial charge in [0.05, 0.1) is 31.3 Å². The summed E-state index contributed by atoms with van der Waals surface area (Å²) in [5.74, 6) is 0.0797. The van der Waals surface area contributed by atoms with E-state index in [1.807, 2.05) is 23.1 Å². The molecule has 2 aliphatic rings. The fraction of sp³-hybridized carbons (Fsp3) is 0.611. The zero-order valence-corrected chi connectivity index (χ0v) is 13.0. The van der Waals surface area contributed by atoms with Crippen molar-refractivity contribution in [2.24, 2.45) is 0 Å². The molecule has 4 nitrogen and oxygen atoms in total. The Kier molecular flexibility index (Phi) is 5.11. The molecule has 0 bridgehead atoms. The van der Waals surface area contributed by atoms with Crippen LogP contribution in [-0.2, 0) is 16.0 Å². The quantitative estimate of drug-likeness (QED) is 0.907. The minimum atomic E-state index is -0.501. The van der Waals surface area contributed by atoms with E-state index in [4.69, 9.17) is 4.74 Å². The second kappa shape index (κ2) is 7.25. The van der Waals surface area contributed by atoms with Crippen molar-refractivity contribution in [3.05, 3.63) is 35.9 Å². The first-order valence-electron chi connectivity index (χ1n) is 8.37. The largest absolute Gasteiger partial charge is 0.391 e. The Bertz CT molecular complexity index is 490. The van der Waals surface area contributed by atoms with Gasteiger partial charge in [0.1, 0.15) is 0 Å². The topological polar surface area (TPSA) is 49.8 Å². The van der Waals surface area contributed by atoms with Crippen LogP contribution in [0.5, 0.6) is 0 Å². The van der Waals surface area contributed by atoms with Crippen molar-refractivity contribution in [3.63, 3.8) is 0 Å². The molecule has 4 heteroatoms. The maximum Gasteiger partial charge on any atom is 0.225 e. The number of rotatable bonds is 5. The highest BCUT2D eigenvalue weighted by atomic mass is 16.5. The van der Waals surface area contributed by atoms with E-state index in [0.717, 1.165) is 32.1 Å². The van der Waals surface area contributed by atoms with Crippen molar-refractivity contribution in [2.75, 3.05) is 13.2 Å². The van der Waals surface area contributed by atoms with Crippen LogP contribution in [0.1, 0.15) is 37.7 Å². The Balaban J connectivity index is 1.55. The maximum atomic E-state index is 12.0. The Labute approximate surface area is 132 Å². The number of hydrogen-bond donors (Lipinski definition) is 1. The molecule has 0 radical (unpaired) electrons. The van der Waals surface area contributed by atoms with E-state index < -0.39 is 6.10 Å². The van der Waals surface area contributed by atoms with Gasteiger partial charge in [0, 0.05) is 6.54 Å². The first kappa shape index (κ1) is 15.5. The van der Waals surface area contributed by atoms with Gasteiger partial charge in [0.25, 0.3) is 0 Å². The van der Waals surface area contributed by atoms with Crippen LogP contribution in [0.15, 0.2) is 30.3 Å². The minimum absolute atomic E-state index is 0.0797. The molecular formula is C18H25NO3. The molecule has 1 aliphatic heterocycles. The lowest BCUT2D eigenvalue weighted by molar-refractivity contribution is -0.134. The standard InChI is InChI=1S/C18H25NO3/c20-15-12-18(21)19(13-15)16-8-4-5-9-17(16)22-11-10-14-6-2-1-3-7-14/h1-3,6-7,15-17,20H,4-5,8-13H2/t15?,16-,17+/m0/s1. The monoisotopic (exact) mass is 303 g/mol. The third kappa shape index (κ3) is 3.68. The van der Waals surface area contributed by atoms with Crippen molar-refractivity contribution in [1.29, 1.82) is 0 Å². The van der Waals surface area contributed by atoms with Crippen molar-refractivity contribution >= 4 is 5.91 Å². The Morgan fingerprint density at radius 1 is 1.18 bits per heavy atom. The number of aliphatic hydroxyl groups excluding tert-OH is 1. The third-order valence-electron chi connectivity index (χ3n) is 4.77. The normalized spacial score (nSPS) is 29.0. The molecule has 2 fully saturated rings. The zero-order chi connectivity index (χ0) is 15.4. The van der Waals surface area contributed by atoms with Gasteiger partial charge >= 0.3 is 0 Å². The maximum absolute atomic E-state index is 12.0. The molecule has 1 aromatic carbocycles. The smallest absolute Gasteiger partial charge is 0.225 e. The lowest BCUT2D eigenvalue weighted by Gasteiger charge is -2.37. The number of benzene rings is 1.